The van der Waals surface area contributed by atoms with Crippen LogP contribution in [0.1, 0.15) is 12.8 Å². The highest BCUT2D eigenvalue weighted by molar-refractivity contribution is 6.01. The Hall–Kier alpha value is -1.66. The number of hydroxylamine groups is 2. The molecule has 0 aliphatic carbocycles. The number of rotatable bonds is 2. The number of hydrogen-bond donors (Lipinski definition) is 0. The summed E-state index contributed by atoms with van der Waals surface area (Å²) < 4.78 is 15.1. The standard InChI is InChI=1S/C6H6FNO5/c7-3-12-6(11)13-8-4(9)1-2-5(8)10/h1-3H2. The van der Waals surface area contributed by atoms with Gasteiger partial charge in [0.1, 0.15) is 0 Å². The second kappa shape index (κ2) is 3.83. The first-order valence-electron chi connectivity index (χ1n) is 3.41. The quantitative estimate of drug-likeness (QED) is 0.458. The molecule has 72 valence electrons. The summed E-state index contributed by atoms with van der Waals surface area (Å²) in [4.78, 5) is 36.2. The monoisotopic (exact) mass is 191 g/mol. The Morgan fingerprint density at radius 1 is 1.38 bits per heavy atom. The fourth-order valence-corrected chi connectivity index (χ4v) is 0.803. The molecule has 0 spiro atoms. The van der Waals surface area contributed by atoms with E-state index in [1.807, 2.05) is 0 Å². The van der Waals surface area contributed by atoms with Crippen LogP contribution in [0.4, 0.5) is 9.18 Å². The molecular formula is C6H6FNO5. The van der Waals surface area contributed by atoms with Gasteiger partial charge >= 0.3 is 6.16 Å². The number of amides is 2. The largest absolute Gasteiger partial charge is 0.536 e. The van der Waals surface area contributed by atoms with Crippen LogP contribution in [0.25, 0.3) is 0 Å². The molecule has 0 aromatic carbocycles. The summed E-state index contributed by atoms with van der Waals surface area (Å²) in [5, 5.41) is 0.276. The Morgan fingerprint density at radius 2 is 1.92 bits per heavy atom. The van der Waals surface area contributed by atoms with E-state index in [2.05, 4.69) is 9.57 Å². The molecule has 0 atom stereocenters. The van der Waals surface area contributed by atoms with Crippen LogP contribution in [-0.2, 0) is 19.2 Å². The molecule has 1 rings (SSSR count). The van der Waals surface area contributed by atoms with Gasteiger partial charge in [0.2, 0.25) is 6.86 Å². The summed E-state index contributed by atoms with van der Waals surface area (Å²) in [5.41, 5.74) is 0. The van der Waals surface area contributed by atoms with Crippen LogP contribution >= 0.6 is 0 Å². The molecule has 13 heavy (non-hydrogen) atoms. The number of nitrogens with zero attached hydrogens (tertiary/aromatic N) is 1. The molecule has 1 aliphatic rings. The number of halogens is 1. The summed E-state index contributed by atoms with van der Waals surface area (Å²) in [6.45, 7) is -1.37. The van der Waals surface area contributed by atoms with E-state index in [1.165, 1.54) is 0 Å². The molecule has 1 heterocycles. The molecule has 0 aromatic heterocycles. The lowest BCUT2D eigenvalue weighted by Gasteiger charge is -2.10. The molecule has 1 aliphatic heterocycles. The number of carbonyl (C=O) groups is 3. The minimum absolute atomic E-state index is 0.0122. The third kappa shape index (κ3) is 2.14. The lowest BCUT2D eigenvalue weighted by atomic mass is 10.4. The molecule has 7 heteroatoms. The molecular weight excluding hydrogens is 185 g/mol. The van der Waals surface area contributed by atoms with Gasteiger partial charge in [0.05, 0.1) is 0 Å². The molecule has 0 unspecified atom stereocenters. The lowest BCUT2D eigenvalue weighted by Crippen LogP contribution is -2.32. The van der Waals surface area contributed by atoms with Crippen molar-refractivity contribution in [3.8, 4) is 0 Å². The van der Waals surface area contributed by atoms with E-state index in [0.717, 1.165) is 0 Å². The van der Waals surface area contributed by atoms with E-state index in [1.54, 1.807) is 0 Å². The van der Waals surface area contributed by atoms with Gasteiger partial charge in [-0.1, -0.05) is 5.06 Å². The first-order valence-corrected chi connectivity index (χ1v) is 3.41. The minimum atomic E-state index is -1.41. The Kier molecular flexibility index (Phi) is 2.78. The summed E-state index contributed by atoms with van der Waals surface area (Å²) in [5.74, 6) is -1.28. The van der Waals surface area contributed by atoms with Crippen molar-refractivity contribution < 1.29 is 28.3 Å². The van der Waals surface area contributed by atoms with Crippen molar-refractivity contribution >= 4 is 18.0 Å². The van der Waals surface area contributed by atoms with Gasteiger partial charge < -0.3 is 4.74 Å². The fourth-order valence-electron chi connectivity index (χ4n) is 0.803. The predicted octanol–water partition coefficient (Wildman–Crippen LogP) is 0.131. The summed E-state index contributed by atoms with van der Waals surface area (Å²) in [6.07, 6.45) is -1.44. The third-order valence-electron chi connectivity index (χ3n) is 1.34. The van der Waals surface area contributed by atoms with Gasteiger partial charge in [-0.15, -0.1) is 0 Å². The Bertz CT molecular complexity index is 237. The Morgan fingerprint density at radius 3 is 2.38 bits per heavy atom. The van der Waals surface area contributed by atoms with Gasteiger partial charge in [0.15, 0.2) is 0 Å². The maximum atomic E-state index is 11.4. The molecule has 1 fully saturated rings. The lowest BCUT2D eigenvalue weighted by molar-refractivity contribution is -0.178. The normalized spacial score (nSPS) is 16.2. The van der Waals surface area contributed by atoms with Crippen molar-refractivity contribution in [2.75, 3.05) is 6.86 Å². The molecule has 0 N–H and O–H groups in total. The molecule has 0 bridgehead atoms. The van der Waals surface area contributed by atoms with Gasteiger partial charge in [0.25, 0.3) is 11.8 Å². The van der Waals surface area contributed by atoms with Gasteiger partial charge in [-0.25, -0.2) is 9.18 Å². The third-order valence-corrected chi connectivity index (χ3v) is 1.34. The van der Waals surface area contributed by atoms with Crippen molar-refractivity contribution in [1.29, 1.82) is 0 Å². The topological polar surface area (TPSA) is 72.9 Å². The number of imide groups is 1. The fraction of sp³-hybridized carbons (Fsp3) is 0.500. The van der Waals surface area contributed by atoms with Crippen molar-refractivity contribution in [2.24, 2.45) is 0 Å². The molecule has 2 amide bonds. The van der Waals surface area contributed by atoms with Gasteiger partial charge in [-0.3, -0.25) is 14.4 Å². The van der Waals surface area contributed by atoms with Crippen LogP contribution in [0.15, 0.2) is 0 Å². The van der Waals surface area contributed by atoms with Crippen LogP contribution in [0.3, 0.4) is 0 Å². The van der Waals surface area contributed by atoms with Crippen LogP contribution in [0.5, 0.6) is 0 Å². The molecule has 0 saturated carbocycles. The van der Waals surface area contributed by atoms with Crippen LogP contribution in [0.2, 0.25) is 0 Å². The van der Waals surface area contributed by atoms with Gasteiger partial charge in [-0.05, 0) is 0 Å². The second-order valence-electron chi connectivity index (χ2n) is 2.18. The summed E-state index contributed by atoms with van der Waals surface area (Å²) in [7, 11) is 0. The SMILES string of the molecule is O=C(OCF)ON1C(=O)CCC1=O. The highest BCUT2D eigenvalue weighted by atomic mass is 19.1. The van der Waals surface area contributed by atoms with E-state index < -0.39 is 24.8 Å². The van der Waals surface area contributed by atoms with Crippen molar-refractivity contribution in [3.63, 3.8) is 0 Å². The predicted molar refractivity (Wildman–Crippen MR) is 34.6 cm³/mol. The van der Waals surface area contributed by atoms with E-state index in [0.29, 0.717) is 0 Å². The highest BCUT2D eigenvalue weighted by Crippen LogP contribution is 2.12. The van der Waals surface area contributed by atoms with Crippen molar-refractivity contribution in [2.45, 2.75) is 12.8 Å². The number of ether oxygens (including phenoxy) is 1. The summed E-state index contributed by atoms with van der Waals surface area (Å²) in [6, 6.07) is 0. The van der Waals surface area contributed by atoms with Crippen molar-refractivity contribution in [1.82, 2.24) is 5.06 Å². The zero-order chi connectivity index (χ0) is 9.84. The van der Waals surface area contributed by atoms with Gasteiger partial charge in [0, 0.05) is 12.8 Å². The van der Waals surface area contributed by atoms with E-state index in [-0.39, 0.29) is 17.9 Å². The first-order chi connectivity index (χ1) is 6.15. The van der Waals surface area contributed by atoms with Crippen LogP contribution < -0.4 is 0 Å². The van der Waals surface area contributed by atoms with Gasteiger partial charge in [-0.2, -0.15) is 0 Å². The zero-order valence-electron chi connectivity index (χ0n) is 6.49. The maximum Gasteiger partial charge on any atom is 0.536 e. The summed E-state index contributed by atoms with van der Waals surface area (Å²) >= 11 is 0. The molecule has 0 aromatic rings. The zero-order valence-corrected chi connectivity index (χ0v) is 6.49. The number of alkyl halides is 1. The van der Waals surface area contributed by atoms with Crippen molar-refractivity contribution in [3.05, 3.63) is 0 Å². The second-order valence-corrected chi connectivity index (χ2v) is 2.18. The number of hydrogen-bond acceptors (Lipinski definition) is 5. The van der Waals surface area contributed by atoms with E-state index in [4.69, 9.17) is 0 Å². The molecule has 1 saturated heterocycles. The molecule has 6 nitrogen and oxygen atoms in total. The molecule has 0 radical (unpaired) electrons. The smallest absolute Gasteiger partial charge is 0.401 e. The van der Waals surface area contributed by atoms with E-state index >= 15 is 0 Å². The average molecular weight is 191 g/mol. The highest BCUT2D eigenvalue weighted by Gasteiger charge is 2.33. The van der Waals surface area contributed by atoms with Crippen LogP contribution in [0, 0.1) is 0 Å². The average Bonchev–Trinajstić information content (AvgIpc) is 2.36. The first kappa shape index (κ1) is 9.43. The van der Waals surface area contributed by atoms with Crippen LogP contribution in [-0.4, -0.2) is 29.9 Å². The number of carbonyl (C=O) groups excluding carboxylic acids is 3. The Labute approximate surface area is 72.1 Å². The van der Waals surface area contributed by atoms with E-state index in [9.17, 15) is 18.8 Å². The maximum absolute atomic E-state index is 11.4. The Balaban J connectivity index is 2.48. The minimum Gasteiger partial charge on any atom is -0.401 e.